The van der Waals surface area contributed by atoms with Gasteiger partial charge in [-0.3, -0.25) is 14.8 Å². The van der Waals surface area contributed by atoms with Gasteiger partial charge in [-0.25, -0.2) is 9.48 Å². The maximum Gasteiger partial charge on any atom is 0.325 e. The normalized spacial score (nSPS) is 11.5. The second kappa shape index (κ2) is 4.93. The van der Waals surface area contributed by atoms with Crippen LogP contribution in [0.2, 0.25) is 0 Å². The maximum atomic E-state index is 11.7. The van der Waals surface area contributed by atoms with Crippen molar-refractivity contribution >= 4 is 19.5 Å². The van der Waals surface area contributed by atoms with Crippen molar-refractivity contribution in [2.45, 2.75) is 0 Å². The SMILES string of the molecule is [B]c1cc(-c2c[nH]c(=O)[nH]c2=O)nn(C=C)c1=NC. The first-order chi connectivity index (χ1) is 9.06. The van der Waals surface area contributed by atoms with Gasteiger partial charge in [-0.2, -0.15) is 5.10 Å². The quantitative estimate of drug-likeness (QED) is 0.629. The minimum Gasteiger partial charge on any atom is -0.313 e. The molecule has 0 amide bonds. The largest absolute Gasteiger partial charge is 0.325 e. The van der Waals surface area contributed by atoms with Crippen molar-refractivity contribution in [1.82, 2.24) is 19.7 Å². The van der Waals surface area contributed by atoms with Gasteiger partial charge in [0.05, 0.1) is 11.3 Å². The highest BCUT2D eigenvalue weighted by atomic mass is 16.2. The van der Waals surface area contributed by atoms with Crippen LogP contribution in [-0.4, -0.2) is 34.6 Å². The van der Waals surface area contributed by atoms with E-state index in [4.69, 9.17) is 7.85 Å². The lowest BCUT2D eigenvalue weighted by Gasteiger charge is -2.06. The first-order valence-electron chi connectivity index (χ1n) is 5.34. The molecule has 0 aliphatic heterocycles. The van der Waals surface area contributed by atoms with Crippen LogP contribution in [0.5, 0.6) is 0 Å². The number of nitrogens with one attached hydrogen (secondary N) is 2. The third-order valence-corrected chi connectivity index (χ3v) is 2.46. The summed E-state index contributed by atoms with van der Waals surface area (Å²) in [6.07, 6.45) is 2.70. The Balaban J connectivity index is 2.78. The Hall–Kier alpha value is -2.64. The second-order valence-corrected chi connectivity index (χ2v) is 3.64. The van der Waals surface area contributed by atoms with E-state index in [-0.39, 0.29) is 5.56 Å². The summed E-state index contributed by atoms with van der Waals surface area (Å²) in [6, 6.07) is 1.51. The average Bonchev–Trinajstić information content (AvgIpc) is 2.37. The fourth-order valence-corrected chi connectivity index (χ4v) is 1.63. The molecule has 0 atom stereocenters. The van der Waals surface area contributed by atoms with Crippen LogP contribution in [0, 0.1) is 0 Å². The third-order valence-electron chi connectivity index (χ3n) is 2.46. The van der Waals surface area contributed by atoms with E-state index in [1.165, 1.54) is 23.1 Å². The van der Waals surface area contributed by atoms with Gasteiger partial charge in [0.25, 0.3) is 5.56 Å². The van der Waals surface area contributed by atoms with E-state index in [0.717, 1.165) is 0 Å². The molecule has 0 bridgehead atoms. The Bertz CT molecular complexity index is 815. The molecule has 0 aliphatic rings. The van der Waals surface area contributed by atoms with Gasteiger partial charge in [0.15, 0.2) is 0 Å². The molecule has 8 heteroatoms. The van der Waals surface area contributed by atoms with Gasteiger partial charge in [-0.05, 0) is 6.07 Å². The molecule has 7 nitrogen and oxygen atoms in total. The average molecular weight is 255 g/mol. The lowest BCUT2D eigenvalue weighted by Crippen LogP contribution is -2.36. The van der Waals surface area contributed by atoms with Crippen LogP contribution in [0.1, 0.15) is 0 Å². The first kappa shape index (κ1) is 12.8. The number of aromatic nitrogens is 4. The summed E-state index contributed by atoms with van der Waals surface area (Å²) in [7, 11) is 7.41. The van der Waals surface area contributed by atoms with Crippen molar-refractivity contribution in [2.75, 3.05) is 7.05 Å². The van der Waals surface area contributed by atoms with Crippen LogP contribution in [0.25, 0.3) is 17.5 Å². The fourth-order valence-electron chi connectivity index (χ4n) is 1.63. The highest BCUT2D eigenvalue weighted by molar-refractivity contribution is 6.32. The molecule has 2 heterocycles. The lowest BCUT2D eigenvalue weighted by atomic mass is 9.96. The first-order valence-corrected chi connectivity index (χ1v) is 5.34. The topological polar surface area (TPSA) is 95.9 Å². The van der Waals surface area contributed by atoms with E-state index in [9.17, 15) is 9.59 Å². The molecule has 94 valence electrons. The predicted molar refractivity (Wildman–Crippen MR) is 72.2 cm³/mol. The van der Waals surface area contributed by atoms with Gasteiger partial charge >= 0.3 is 5.69 Å². The summed E-state index contributed by atoms with van der Waals surface area (Å²) >= 11 is 0. The predicted octanol–water partition coefficient (Wildman–Crippen LogP) is -1.65. The van der Waals surface area contributed by atoms with Gasteiger partial charge in [0.1, 0.15) is 13.3 Å². The van der Waals surface area contributed by atoms with Crippen LogP contribution in [0.15, 0.2) is 33.4 Å². The molecular formula is C11H10BN5O2. The molecule has 0 fully saturated rings. The summed E-state index contributed by atoms with van der Waals surface area (Å²) < 4.78 is 1.36. The minimum absolute atomic E-state index is 0.199. The Morgan fingerprint density at radius 3 is 2.84 bits per heavy atom. The maximum absolute atomic E-state index is 11.7. The van der Waals surface area contributed by atoms with Crippen molar-refractivity contribution in [3.63, 3.8) is 0 Å². The van der Waals surface area contributed by atoms with Crippen LogP contribution >= 0.6 is 0 Å². The third kappa shape index (κ3) is 2.32. The molecule has 19 heavy (non-hydrogen) atoms. The van der Waals surface area contributed by atoms with Gasteiger partial charge < -0.3 is 4.98 Å². The summed E-state index contributed by atoms with van der Waals surface area (Å²) in [5.41, 5.74) is 0.149. The molecule has 0 aromatic carbocycles. The number of hydrogen-bond acceptors (Lipinski definition) is 4. The van der Waals surface area contributed by atoms with E-state index in [1.54, 1.807) is 7.05 Å². The van der Waals surface area contributed by atoms with E-state index in [2.05, 4.69) is 26.6 Å². The van der Waals surface area contributed by atoms with Crippen LogP contribution in [-0.2, 0) is 0 Å². The monoisotopic (exact) mass is 255 g/mol. The van der Waals surface area contributed by atoms with Crippen molar-refractivity contribution < 1.29 is 0 Å². The van der Waals surface area contributed by atoms with Crippen LogP contribution in [0.4, 0.5) is 0 Å². The van der Waals surface area contributed by atoms with Gasteiger partial charge in [-0.1, -0.05) is 12.0 Å². The minimum atomic E-state index is -0.585. The Morgan fingerprint density at radius 2 is 2.26 bits per heavy atom. The molecule has 0 saturated carbocycles. The molecule has 2 aromatic heterocycles. The fraction of sp³-hybridized carbons (Fsp3) is 0.0909. The Morgan fingerprint density at radius 1 is 1.53 bits per heavy atom. The Kier molecular flexibility index (Phi) is 3.32. The van der Waals surface area contributed by atoms with Crippen molar-refractivity contribution in [3.8, 4) is 11.3 Å². The molecule has 2 rings (SSSR count). The molecule has 2 radical (unpaired) electrons. The number of hydrogen-bond donors (Lipinski definition) is 2. The molecule has 0 spiro atoms. The molecular weight excluding hydrogens is 245 g/mol. The van der Waals surface area contributed by atoms with Gasteiger partial charge in [-0.15, -0.1) is 0 Å². The molecule has 0 saturated heterocycles. The van der Waals surface area contributed by atoms with Gasteiger partial charge in [0, 0.05) is 19.4 Å². The number of H-pyrrole nitrogens is 2. The Labute approximate surface area is 108 Å². The number of rotatable bonds is 2. The van der Waals surface area contributed by atoms with Crippen molar-refractivity contribution in [3.05, 3.63) is 45.2 Å². The molecule has 2 N–H and O–H groups in total. The van der Waals surface area contributed by atoms with E-state index < -0.39 is 11.2 Å². The van der Waals surface area contributed by atoms with E-state index in [1.807, 2.05) is 0 Å². The highest BCUT2D eigenvalue weighted by Gasteiger charge is 2.08. The smallest absolute Gasteiger partial charge is 0.313 e. The lowest BCUT2D eigenvalue weighted by molar-refractivity contribution is 0.836. The zero-order chi connectivity index (χ0) is 14.0. The van der Waals surface area contributed by atoms with Crippen molar-refractivity contribution in [2.24, 2.45) is 4.99 Å². The molecule has 0 unspecified atom stereocenters. The standard InChI is InChI=1S/C11H10BN5O2/c1-3-17-9(13-2)7(12)4-8(16-17)6-5-14-11(19)15-10(6)18/h3-5H,1H2,2H3,(H2,14,15,18,19). The molecule has 2 aromatic rings. The van der Waals surface area contributed by atoms with Crippen LogP contribution in [0.3, 0.4) is 0 Å². The summed E-state index contributed by atoms with van der Waals surface area (Å²) in [4.78, 5) is 31.1. The van der Waals surface area contributed by atoms with Crippen molar-refractivity contribution in [1.29, 1.82) is 0 Å². The van der Waals surface area contributed by atoms with E-state index in [0.29, 0.717) is 16.6 Å². The summed E-state index contributed by atoms with van der Waals surface area (Å²) in [6.45, 7) is 3.59. The molecule has 0 aliphatic carbocycles. The zero-order valence-electron chi connectivity index (χ0n) is 10.2. The second-order valence-electron chi connectivity index (χ2n) is 3.64. The number of nitrogens with zero attached hydrogens (tertiary/aromatic N) is 3. The van der Waals surface area contributed by atoms with Crippen LogP contribution < -0.4 is 22.2 Å². The zero-order valence-corrected chi connectivity index (χ0v) is 10.2. The number of aromatic amines is 2. The van der Waals surface area contributed by atoms with E-state index >= 15 is 0 Å². The summed E-state index contributed by atoms with van der Waals surface area (Å²) in [5.74, 6) is 0. The summed E-state index contributed by atoms with van der Waals surface area (Å²) in [5, 5.41) is 4.17. The van der Waals surface area contributed by atoms with Gasteiger partial charge in [0.2, 0.25) is 0 Å². The highest BCUT2D eigenvalue weighted by Crippen LogP contribution is 2.05.